The molecule has 2 N–H and O–H groups in total. The minimum atomic E-state index is -0.478. The third kappa shape index (κ3) is 4.20. The largest absolute Gasteiger partial charge is 0.444 e. The SMILES string of the molecule is CC(C)N=C(N)[C@@H]1CCCN1C(=O)OC(C)(C)C. The van der Waals surface area contributed by atoms with Gasteiger partial charge in [-0.25, -0.2) is 4.79 Å². The van der Waals surface area contributed by atoms with Crippen LogP contribution in [0, 0.1) is 0 Å². The van der Waals surface area contributed by atoms with Gasteiger partial charge in [0.1, 0.15) is 11.4 Å². The van der Waals surface area contributed by atoms with E-state index in [-0.39, 0.29) is 18.2 Å². The molecule has 0 radical (unpaired) electrons. The first-order valence-electron chi connectivity index (χ1n) is 6.53. The summed E-state index contributed by atoms with van der Waals surface area (Å²) in [6.45, 7) is 10.2. The molecule has 18 heavy (non-hydrogen) atoms. The lowest BCUT2D eigenvalue weighted by molar-refractivity contribution is 0.0265. The molecule has 1 rings (SSSR count). The zero-order valence-corrected chi connectivity index (χ0v) is 12.1. The van der Waals surface area contributed by atoms with Gasteiger partial charge in [0.15, 0.2) is 0 Å². The van der Waals surface area contributed by atoms with E-state index in [1.807, 2.05) is 34.6 Å². The number of hydrogen-bond acceptors (Lipinski definition) is 3. The van der Waals surface area contributed by atoms with Crippen LogP contribution in [-0.2, 0) is 4.74 Å². The average molecular weight is 255 g/mol. The summed E-state index contributed by atoms with van der Waals surface area (Å²) in [7, 11) is 0. The molecule has 0 aromatic rings. The molecule has 0 saturated carbocycles. The van der Waals surface area contributed by atoms with Crippen LogP contribution in [0.1, 0.15) is 47.5 Å². The maximum Gasteiger partial charge on any atom is 0.410 e. The van der Waals surface area contributed by atoms with Crippen LogP contribution in [0.5, 0.6) is 0 Å². The molecule has 0 bridgehead atoms. The summed E-state index contributed by atoms with van der Waals surface area (Å²) in [6.07, 6.45) is 1.51. The van der Waals surface area contributed by atoms with Crippen molar-refractivity contribution in [2.24, 2.45) is 10.7 Å². The Morgan fingerprint density at radius 2 is 2.06 bits per heavy atom. The number of ether oxygens (including phenoxy) is 1. The molecule has 1 fully saturated rings. The molecule has 1 aliphatic heterocycles. The van der Waals surface area contributed by atoms with Crippen LogP contribution in [0.3, 0.4) is 0 Å². The van der Waals surface area contributed by atoms with Gasteiger partial charge in [-0.2, -0.15) is 0 Å². The first-order chi connectivity index (χ1) is 8.20. The molecule has 0 aromatic carbocycles. The van der Waals surface area contributed by atoms with Crippen molar-refractivity contribution in [3.8, 4) is 0 Å². The smallest absolute Gasteiger partial charge is 0.410 e. The molecule has 0 aliphatic carbocycles. The highest BCUT2D eigenvalue weighted by Gasteiger charge is 2.34. The van der Waals surface area contributed by atoms with E-state index < -0.39 is 5.60 Å². The van der Waals surface area contributed by atoms with E-state index in [9.17, 15) is 4.79 Å². The van der Waals surface area contributed by atoms with Crippen molar-refractivity contribution < 1.29 is 9.53 Å². The second-order valence-electron chi connectivity index (χ2n) is 5.98. The number of nitrogens with zero attached hydrogens (tertiary/aromatic N) is 2. The van der Waals surface area contributed by atoms with E-state index in [2.05, 4.69) is 4.99 Å². The predicted octanol–water partition coefficient (Wildman–Crippen LogP) is 2.15. The fourth-order valence-corrected chi connectivity index (χ4v) is 2.00. The summed E-state index contributed by atoms with van der Waals surface area (Å²) in [5, 5.41) is 0. The van der Waals surface area contributed by atoms with Gasteiger partial charge in [-0.15, -0.1) is 0 Å². The molecular weight excluding hydrogens is 230 g/mol. The van der Waals surface area contributed by atoms with Crippen molar-refractivity contribution in [1.29, 1.82) is 0 Å². The van der Waals surface area contributed by atoms with Crippen molar-refractivity contribution in [2.45, 2.75) is 65.1 Å². The number of hydrogen-bond donors (Lipinski definition) is 1. The zero-order chi connectivity index (χ0) is 13.9. The Labute approximate surface area is 109 Å². The van der Waals surface area contributed by atoms with Crippen molar-refractivity contribution in [1.82, 2.24) is 4.90 Å². The molecule has 5 heteroatoms. The molecule has 1 heterocycles. The summed E-state index contributed by atoms with van der Waals surface area (Å²) in [4.78, 5) is 18.1. The van der Waals surface area contributed by atoms with Gasteiger partial charge in [0.2, 0.25) is 0 Å². The normalized spacial score (nSPS) is 21.6. The molecule has 0 spiro atoms. The summed E-state index contributed by atoms with van der Waals surface area (Å²) in [5.41, 5.74) is 5.49. The quantitative estimate of drug-likeness (QED) is 0.607. The Hall–Kier alpha value is -1.26. The van der Waals surface area contributed by atoms with Gasteiger partial charge in [0, 0.05) is 12.6 Å². The van der Waals surface area contributed by atoms with E-state index in [0.29, 0.717) is 12.4 Å². The van der Waals surface area contributed by atoms with Crippen LogP contribution in [0.15, 0.2) is 4.99 Å². The molecule has 1 aliphatic rings. The van der Waals surface area contributed by atoms with Gasteiger partial charge in [0.05, 0.1) is 6.04 Å². The van der Waals surface area contributed by atoms with E-state index in [0.717, 1.165) is 12.8 Å². The molecule has 1 saturated heterocycles. The van der Waals surface area contributed by atoms with Gasteiger partial charge in [0.25, 0.3) is 0 Å². The number of aliphatic imine (C=N–C) groups is 1. The topological polar surface area (TPSA) is 67.9 Å². The van der Waals surface area contributed by atoms with Crippen molar-refractivity contribution in [2.75, 3.05) is 6.54 Å². The van der Waals surface area contributed by atoms with Crippen molar-refractivity contribution >= 4 is 11.9 Å². The number of amidine groups is 1. The first kappa shape index (κ1) is 14.8. The average Bonchev–Trinajstić information content (AvgIpc) is 2.61. The second kappa shape index (κ2) is 5.59. The first-order valence-corrected chi connectivity index (χ1v) is 6.53. The minimum Gasteiger partial charge on any atom is -0.444 e. The molecule has 0 unspecified atom stereocenters. The lowest BCUT2D eigenvalue weighted by atomic mass is 10.2. The van der Waals surface area contributed by atoms with Gasteiger partial charge in [-0.3, -0.25) is 9.89 Å². The highest BCUT2D eigenvalue weighted by Crippen LogP contribution is 2.21. The van der Waals surface area contributed by atoms with Gasteiger partial charge in [-0.05, 0) is 47.5 Å². The Morgan fingerprint density at radius 1 is 1.44 bits per heavy atom. The van der Waals surface area contributed by atoms with Crippen LogP contribution in [-0.4, -0.2) is 41.1 Å². The Kier molecular flexibility index (Phi) is 4.59. The maximum atomic E-state index is 12.1. The molecule has 0 aromatic heterocycles. The van der Waals surface area contributed by atoms with Crippen molar-refractivity contribution in [3.63, 3.8) is 0 Å². The molecular formula is C13H25N3O2. The molecule has 1 atom stereocenters. The lowest BCUT2D eigenvalue weighted by Crippen LogP contribution is -2.46. The van der Waals surface area contributed by atoms with Crippen LogP contribution in [0.4, 0.5) is 4.79 Å². The van der Waals surface area contributed by atoms with Crippen LogP contribution in [0.2, 0.25) is 0 Å². The number of rotatable bonds is 2. The Bertz CT molecular complexity index is 332. The minimum absolute atomic E-state index is 0.109. The number of carbonyl (C=O) groups excluding carboxylic acids is 1. The fraction of sp³-hybridized carbons (Fsp3) is 0.846. The van der Waals surface area contributed by atoms with Gasteiger partial charge < -0.3 is 10.5 Å². The lowest BCUT2D eigenvalue weighted by Gasteiger charge is -2.28. The Balaban J connectivity index is 2.73. The molecule has 104 valence electrons. The Morgan fingerprint density at radius 3 is 2.56 bits per heavy atom. The van der Waals surface area contributed by atoms with Crippen LogP contribution in [0.25, 0.3) is 0 Å². The maximum absolute atomic E-state index is 12.1. The van der Waals surface area contributed by atoms with Gasteiger partial charge >= 0.3 is 6.09 Å². The summed E-state index contributed by atoms with van der Waals surface area (Å²) < 4.78 is 5.38. The third-order valence-electron chi connectivity index (χ3n) is 2.63. The predicted molar refractivity (Wildman–Crippen MR) is 72.7 cm³/mol. The number of carbonyl (C=O) groups is 1. The monoisotopic (exact) mass is 255 g/mol. The summed E-state index contributed by atoms with van der Waals surface area (Å²) in [6, 6.07) is 0.0355. The van der Waals surface area contributed by atoms with E-state index in [1.165, 1.54) is 0 Å². The van der Waals surface area contributed by atoms with Crippen LogP contribution < -0.4 is 5.73 Å². The summed E-state index contributed by atoms with van der Waals surface area (Å²) in [5.74, 6) is 0.536. The zero-order valence-electron chi connectivity index (χ0n) is 12.1. The number of amides is 1. The second-order valence-corrected chi connectivity index (χ2v) is 5.98. The van der Waals surface area contributed by atoms with E-state index >= 15 is 0 Å². The van der Waals surface area contributed by atoms with E-state index in [1.54, 1.807) is 4.90 Å². The third-order valence-corrected chi connectivity index (χ3v) is 2.63. The fourth-order valence-electron chi connectivity index (χ4n) is 2.00. The van der Waals surface area contributed by atoms with Gasteiger partial charge in [-0.1, -0.05) is 0 Å². The van der Waals surface area contributed by atoms with Crippen molar-refractivity contribution in [3.05, 3.63) is 0 Å². The van der Waals surface area contributed by atoms with E-state index in [4.69, 9.17) is 10.5 Å². The number of likely N-dealkylation sites (tertiary alicyclic amines) is 1. The molecule has 5 nitrogen and oxygen atoms in total. The highest BCUT2D eigenvalue weighted by molar-refractivity contribution is 5.89. The standard InChI is InChI=1S/C13H25N3O2/c1-9(2)15-11(14)10-7-6-8-16(10)12(17)18-13(3,4)5/h9-10H,6-8H2,1-5H3,(H2,14,15)/t10-/m0/s1. The summed E-state index contributed by atoms with van der Waals surface area (Å²) >= 11 is 0. The molecule has 1 amide bonds. The van der Waals surface area contributed by atoms with Crippen LogP contribution >= 0.6 is 0 Å². The number of nitrogens with two attached hydrogens (primary N) is 1. The highest BCUT2D eigenvalue weighted by atomic mass is 16.6.